The van der Waals surface area contributed by atoms with Crippen LogP contribution in [0.4, 0.5) is 0 Å². The van der Waals surface area contributed by atoms with E-state index in [0.29, 0.717) is 24.8 Å². The van der Waals surface area contributed by atoms with Crippen LogP contribution in [0.1, 0.15) is 32.0 Å². The van der Waals surface area contributed by atoms with Gasteiger partial charge in [0.25, 0.3) is 0 Å². The number of aliphatic imine (C=N–C) groups is 1. The number of aromatic nitrogens is 3. The third-order valence-electron chi connectivity index (χ3n) is 3.96. The van der Waals surface area contributed by atoms with E-state index in [0.717, 1.165) is 31.2 Å². The first-order chi connectivity index (χ1) is 9.76. The molecule has 1 aromatic rings. The third kappa shape index (κ3) is 3.85. The van der Waals surface area contributed by atoms with Gasteiger partial charge in [-0.1, -0.05) is 0 Å². The number of ether oxygens (including phenoxy) is 1. The summed E-state index contributed by atoms with van der Waals surface area (Å²) in [5, 5.41) is 10.8. The molecule has 8 heteroatoms. The second-order valence-electron chi connectivity index (χ2n) is 5.36. The lowest BCUT2D eigenvalue weighted by atomic mass is 9.96. The Balaban J connectivity index is 0.00000161. The van der Waals surface area contributed by atoms with Crippen molar-refractivity contribution in [1.29, 1.82) is 0 Å². The van der Waals surface area contributed by atoms with Crippen LogP contribution in [0.5, 0.6) is 0 Å². The molecule has 0 aromatic carbocycles. The molecule has 0 radical (unpaired) electrons. The van der Waals surface area contributed by atoms with Crippen LogP contribution in [0, 0.1) is 0 Å². The molecule has 0 spiro atoms. The summed E-state index contributed by atoms with van der Waals surface area (Å²) in [4.78, 5) is 8.76. The Kier molecular flexibility index (Phi) is 5.80. The van der Waals surface area contributed by atoms with Crippen molar-refractivity contribution in [2.45, 2.75) is 51.0 Å². The molecule has 2 N–H and O–H groups in total. The van der Waals surface area contributed by atoms with Gasteiger partial charge in [-0.05, 0) is 26.2 Å². The summed E-state index contributed by atoms with van der Waals surface area (Å²) in [7, 11) is 1.88. The molecule has 2 aliphatic rings. The highest BCUT2D eigenvalue weighted by Crippen LogP contribution is 2.34. The van der Waals surface area contributed by atoms with Gasteiger partial charge in [-0.3, -0.25) is 4.68 Å². The summed E-state index contributed by atoms with van der Waals surface area (Å²) >= 11 is 0. The van der Waals surface area contributed by atoms with Gasteiger partial charge in [-0.25, -0.2) is 9.98 Å². The first-order valence-corrected chi connectivity index (χ1v) is 7.29. The molecule has 0 aliphatic carbocycles. The molecule has 0 saturated carbocycles. The van der Waals surface area contributed by atoms with E-state index in [4.69, 9.17) is 4.74 Å². The van der Waals surface area contributed by atoms with Gasteiger partial charge in [0.1, 0.15) is 18.7 Å². The Labute approximate surface area is 142 Å². The van der Waals surface area contributed by atoms with Crippen molar-refractivity contribution >= 4 is 29.9 Å². The number of fused-ring (bicyclic) bond motifs is 2. The zero-order valence-corrected chi connectivity index (χ0v) is 14.8. The Morgan fingerprint density at radius 1 is 1.52 bits per heavy atom. The predicted molar refractivity (Wildman–Crippen MR) is 90.7 cm³/mol. The second-order valence-corrected chi connectivity index (χ2v) is 5.36. The zero-order chi connectivity index (χ0) is 13.9. The Morgan fingerprint density at radius 3 is 2.95 bits per heavy atom. The Bertz CT molecular complexity index is 491. The summed E-state index contributed by atoms with van der Waals surface area (Å²) in [6.07, 6.45) is 5.78. The van der Waals surface area contributed by atoms with Crippen molar-refractivity contribution in [3.63, 3.8) is 0 Å². The molecule has 3 rings (SSSR count). The summed E-state index contributed by atoms with van der Waals surface area (Å²) < 4.78 is 7.61. The standard InChI is InChI=1S/C13H22N6O.HI/c1-3-14-13(15-7-12-16-8-17-19(12)2)18-10-6-9-4-5-11(10)20-9;/h8-11H,3-7H2,1-2H3,(H2,14,15,18);1H. The number of nitrogens with zero attached hydrogens (tertiary/aromatic N) is 4. The van der Waals surface area contributed by atoms with E-state index < -0.39 is 0 Å². The van der Waals surface area contributed by atoms with Crippen molar-refractivity contribution in [2.75, 3.05) is 6.54 Å². The molecule has 2 aliphatic heterocycles. The Hall–Kier alpha value is -0.900. The molecule has 21 heavy (non-hydrogen) atoms. The van der Waals surface area contributed by atoms with Crippen molar-refractivity contribution in [1.82, 2.24) is 25.4 Å². The van der Waals surface area contributed by atoms with Crippen LogP contribution in [-0.2, 0) is 18.3 Å². The SMILES string of the molecule is CCNC(=NCc1ncnn1C)NC1CC2CCC1O2.I. The molecular weight excluding hydrogens is 383 g/mol. The maximum Gasteiger partial charge on any atom is 0.192 e. The van der Waals surface area contributed by atoms with Crippen LogP contribution in [0.15, 0.2) is 11.3 Å². The van der Waals surface area contributed by atoms with Crippen molar-refractivity contribution in [3.8, 4) is 0 Å². The summed E-state index contributed by atoms with van der Waals surface area (Å²) in [6, 6.07) is 0.381. The zero-order valence-electron chi connectivity index (χ0n) is 12.5. The first-order valence-electron chi connectivity index (χ1n) is 7.29. The lowest BCUT2D eigenvalue weighted by Crippen LogP contribution is -2.47. The fourth-order valence-corrected chi connectivity index (χ4v) is 2.90. The highest BCUT2D eigenvalue weighted by atomic mass is 127. The molecule has 118 valence electrons. The number of halogens is 1. The highest BCUT2D eigenvalue weighted by Gasteiger charge is 2.41. The minimum Gasteiger partial charge on any atom is -0.373 e. The molecular formula is C13H23IN6O. The smallest absolute Gasteiger partial charge is 0.192 e. The molecule has 0 amide bonds. The third-order valence-corrected chi connectivity index (χ3v) is 3.96. The van der Waals surface area contributed by atoms with Gasteiger partial charge < -0.3 is 15.4 Å². The number of guanidine groups is 1. The van der Waals surface area contributed by atoms with Gasteiger partial charge >= 0.3 is 0 Å². The second kappa shape index (κ2) is 7.39. The van der Waals surface area contributed by atoms with Crippen LogP contribution in [0.2, 0.25) is 0 Å². The van der Waals surface area contributed by atoms with Crippen LogP contribution in [0.25, 0.3) is 0 Å². The minimum atomic E-state index is 0. The number of hydrogen-bond donors (Lipinski definition) is 2. The topological polar surface area (TPSA) is 76.4 Å². The quantitative estimate of drug-likeness (QED) is 0.440. The molecule has 7 nitrogen and oxygen atoms in total. The van der Waals surface area contributed by atoms with Gasteiger partial charge in [-0.2, -0.15) is 5.10 Å². The van der Waals surface area contributed by atoms with Gasteiger partial charge in [0, 0.05) is 13.6 Å². The normalized spacial score (nSPS) is 27.5. The maximum atomic E-state index is 5.86. The van der Waals surface area contributed by atoms with Crippen LogP contribution < -0.4 is 10.6 Å². The fourth-order valence-electron chi connectivity index (χ4n) is 2.90. The van der Waals surface area contributed by atoms with Gasteiger partial charge in [0.2, 0.25) is 0 Å². The van der Waals surface area contributed by atoms with E-state index >= 15 is 0 Å². The number of rotatable bonds is 4. The lowest BCUT2D eigenvalue weighted by molar-refractivity contribution is 0.0992. The molecule has 2 saturated heterocycles. The van der Waals surface area contributed by atoms with E-state index in [1.165, 1.54) is 6.42 Å². The largest absolute Gasteiger partial charge is 0.373 e. The number of hydrogen-bond acceptors (Lipinski definition) is 4. The molecule has 3 unspecified atom stereocenters. The summed E-state index contributed by atoms with van der Waals surface area (Å²) in [5.74, 6) is 1.68. The van der Waals surface area contributed by atoms with Crippen LogP contribution in [0.3, 0.4) is 0 Å². The molecule has 3 atom stereocenters. The van der Waals surface area contributed by atoms with Crippen LogP contribution >= 0.6 is 24.0 Å². The van der Waals surface area contributed by atoms with Crippen LogP contribution in [-0.4, -0.2) is 45.5 Å². The van der Waals surface area contributed by atoms with E-state index in [9.17, 15) is 0 Å². The van der Waals surface area contributed by atoms with E-state index in [1.54, 1.807) is 11.0 Å². The lowest BCUT2D eigenvalue weighted by Gasteiger charge is -2.22. The van der Waals surface area contributed by atoms with E-state index in [2.05, 4.69) is 32.6 Å². The molecule has 1 aromatic heterocycles. The Morgan fingerprint density at radius 2 is 2.38 bits per heavy atom. The predicted octanol–water partition coefficient (Wildman–Crippen LogP) is 0.808. The first kappa shape index (κ1) is 16.5. The van der Waals surface area contributed by atoms with Gasteiger partial charge in [0.15, 0.2) is 5.96 Å². The molecule has 2 bridgehead atoms. The fraction of sp³-hybridized carbons (Fsp3) is 0.769. The van der Waals surface area contributed by atoms with Crippen molar-refractivity contribution < 1.29 is 4.74 Å². The monoisotopic (exact) mass is 406 g/mol. The number of aryl methyl sites for hydroxylation is 1. The maximum absolute atomic E-state index is 5.86. The van der Waals surface area contributed by atoms with Crippen molar-refractivity contribution in [2.24, 2.45) is 12.0 Å². The molecule has 3 heterocycles. The van der Waals surface area contributed by atoms with Gasteiger partial charge in [0.05, 0.1) is 18.2 Å². The summed E-state index contributed by atoms with van der Waals surface area (Å²) in [6.45, 7) is 3.43. The minimum absolute atomic E-state index is 0. The average molecular weight is 406 g/mol. The number of nitrogens with one attached hydrogen (secondary N) is 2. The summed E-state index contributed by atoms with van der Waals surface area (Å²) in [5.41, 5.74) is 0. The van der Waals surface area contributed by atoms with E-state index in [-0.39, 0.29) is 24.0 Å². The van der Waals surface area contributed by atoms with Crippen molar-refractivity contribution in [3.05, 3.63) is 12.2 Å². The van der Waals surface area contributed by atoms with Gasteiger partial charge in [-0.15, -0.1) is 24.0 Å². The van der Waals surface area contributed by atoms with E-state index in [1.807, 2.05) is 7.05 Å². The highest BCUT2D eigenvalue weighted by molar-refractivity contribution is 14.0. The molecule has 2 fully saturated rings. The average Bonchev–Trinajstić information content (AvgIpc) is 3.13.